The van der Waals surface area contributed by atoms with Crippen molar-refractivity contribution in [3.8, 4) is 0 Å². The normalized spacial score (nSPS) is 10.7. The van der Waals surface area contributed by atoms with E-state index in [1.807, 2.05) is 60.7 Å². The maximum Gasteiger partial charge on any atom is 0.353 e. The molecule has 9 heteroatoms. The third-order valence-electron chi connectivity index (χ3n) is 4.68. The van der Waals surface area contributed by atoms with Gasteiger partial charge in [-0.2, -0.15) is 0 Å². The molecular weight excluding hydrogens is 449 g/mol. The van der Waals surface area contributed by atoms with Crippen molar-refractivity contribution in [1.82, 2.24) is 9.97 Å². The zero-order chi connectivity index (χ0) is 22.5. The molecule has 7 nitrogen and oxygen atoms in total. The van der Waals surface area contributed by atoms with Crippen LogP contribution in [-0.2, 0) is 0 Å². The third kappa shape index (κ3) is 4.96. The summed E-state index contributed by atoms with van der Waals surface area (Å²) < 4.78 is 0. The van der Waals surface area contributed by atoms with Crippen LogP contribution in [0, 0.1) is 10.1 Å². The van der Waals surface area contributed by atoms with Crippen molar-refractivity contribution in [2.75, 3.05) is 10.6 Å². The van der Waals surface area contributed by atoms with E-state index in [0.29, 0.717) is 15.7 Å². The van der Waals surface area contributed by atoms with Gasteiger partial charge in [0.1, 0.15) is 6.33 Å². The number of hydrogen-bond donors (Lipinski definition) is 2. The molecule has 3 aromatic carbocycles. The van der Waals surface area contributed by atoms with Crippen LogP contribution in [0.25, 0.3) is 0 Å². The number of anilines is 3. The van der Waals surface area contributed by atoms with Gasteiger partial charge in [-0.25, -0.2) is 9.97 Å². The van der Waals surface area contributed by atoms with Gasteiger partial charge in [0.15, 0.2) is 0 Å². The Labute approximate surface area is 194 Å². The van der Waals surface area contributed by atoms with Crippen molar-refractivity contribution in [1.29, 1.82) is 0 Å². The van der Waals surface area contributed by atoms with Gasteiger partial charge in [0.2, 0.25) is 11.6 Å². The second-order valence-corrected chi connectivity index (χ2v) is 7.73. The smallest absolute Gasteiger partial charge is 0.353 e. The number of aromatic nitrogens is 2. The first-order valence-corrected chi connectivity index (χ1v) is 10.4. The Kier molecular flexibility index (Phi) is 6.49. The van der Waals surface area contributed by atoms with Gasteiger partial charge in [-0.1, -0.05) is 83.9 Å². The van der Waals surface area contributed by atoms with Crippen LogP contribution in [0.4, 0.5) is 23.0 Å². The summed E-state index contributed by atoms with van der Waals surface area (Å²) in [5.74, 6) is 0.101. The van der Waals surface area contributed by atoms with E-state index >= 15 is 0 Å². The molecule has 0 atom stereocenters. The summed E-state index contributed by atoms with van der Waals surface area (Å²) in [7, 11) is 0. The summed E-state index contributed by atoms with van der Waals surface area (Å²) in [6.45, 7) is 0. The molecule has 0 amide bonds. The second-order valence-electron chi connectivity index (χ2n) is 6.86. The number of rotatable bonds is 7. The van der Waals surface area contributed by atoms with E-state index in [1.54, 1.807) is 18.2 Å². The van der Waals surface area contributed by atoms with Gasteiger partial charge in [0.05, 0.1) is 11.0 Å². The van der Waals surface area contributed by atoms with E-state index in [9.17, 15) is 10.1 Å². The largest absolute Gasteiger partial charge is 0.353 e. The quantitative estimate of drug-likeness (QED) is 0.234. The van der Waals surface area contributed by atoms with Gasteiger partial charge in [-0.05, 0) is 29.3 Å². The Morgan fingerprint density at radius 2 is 1.34 bits per heavy atom. The van der Waals surface area contributed by atoms with Gasteiger partial charge in [0.25, 0.3) is 0 Å². The van der Waals surface area contributed by atoms with Gasteiger partial charge < -0.3 is 10.6 Å². The monoisotopic (exact) mass is 465 g/mol. The van der Waals surface area contributed by atoms with Crippen LogP contribution in [0.3, 0.4) is 0 Å². The van der Waals surface area contributed by atoms with Crippen LogP contribution in [0.15, 0.2) is 85.2 Å². The van der Waals surface area contributed by atoms with E-state index in [4.69, 9.17) is 23.2 Å². The number of halogens is 2. The Morgan fingerprint density at radius 3 is 1.88 bits per heavy atom. The average Bonchev–Trinajstić information content (AvgIpc) is 2.78. The average molecular weight is 466 g/mol. The molecule has 2 N–H and O–H groups in total. The summed E-state index contributed by atoms with van der Waals surface area (Å²) in [5, 5.41) is 19.0. The van der Waals surface area contributed by atoms with E-state index in [1.165, 1.54) is 6.33 Å². The van der Waals surface area contributed by atoms with Crippen molar-refractivity contribution >= 4 is 46.2 Å². The summed E-state index contributed by atoms with van der Waals surface area (Å²) in [6, 6.07) is 23.7. The number of nitrogens with one attached hydrogen (secondary N) is 2. The minimum absolute atomic E-state index is 0.0192. The maximum atomic E-state index is 12.0. The van der Waals surface area contributed by atoms with Crippen molar-refractivity contribution in [2.45, 2.75) is 6.04 Å². The maximum absolute atomic E-state index is 12.0. The highest BCUT2D eigenvalue weighted by molar-refractivity contribution is 6.35. The number of hydrogen-bond acceptors (Lipinski definition) is 6. The lowest BCUT2D eigenvalue weighted by atomic mass is 9.99. The van der Waals surface area contributed by atoms with Gasteiger partial charge in [-0.15, -0.1) is 0 Å². The molecule has 0 aliphatic carbocycles. The number of nitro groups is 1. The predicted molar refractivity (Wildman–Crippen MR) is 127 cm³/mol. The molecule has 0 saturated carbocycles. The molecule has 0 aliphatic rings. The van der Waals surface area contributed by atoms with Crippen molar-refractivity contribution in [3.63, 3.8) is 0 Å². The van der Waals surface area contributed by atoms with E-state index in [2.05, 4.69) is 20.6 Å². The minimum Gasteiger partial charge on any atom is -0.353 e. The summed E-state index contributed by atoms with van der Waals surface area (Å²) in [5.41, 5.74) is 2.05. The Morgan fingerprint density at radius 1 is 0.812 bits per heavy atom. The molecule has 0 fully saturated rings. The lowest BCUT2D eigenvalue weighted by molar-refractivity contribution is -0.383. The standard InChI is InChI=1S/C23H17Cl2N5O2/c24-17-11-18(25)13-19(12-17)28-22-21(30(31)32)23(27-14-26-22)29-20(15-7-3-1-4-8-15)16-9-5-2-6-10-16/h1-14,20H,(H2,26,27,28,29). The van der Waals surface area contributed by atoms with Crippen molar-refractivity contribution < 1.29 is 4.92 Å². The highest BCUT2D eigenvalue weighted by atomic mass is 35.5. The van der Waals surface area contributed by atoms with Crippen LogP contribution >= 0.6 is 23.2 Å². The first kappa shape index (κ1) is 21.5. The van der Waals surface area contributed by atoms with E-state index < -0.39 is 4.92 Å². The molecule has 32 heavy (non-hydrogen) atoms. The minimum atomic E-state index is -0.524. The topological polar surface area (TPSA) is 93.0 Å². The van der Waals surface area contributed by atoms with Crippen molar-refractivity contribution in [2.24, 2.45) is 0 Å². The van der Waals surface area contributed by atoms with Crippen LogP contribution in [0.5, 0.6) is 0 Å². The fourth-order valence-electron chi connectivity index (χ4n) is 3.30. The highest BCUT2D eigenvalue weighted by Crippen LogP contribution is 2.36. The third-order valence-corrected chi connectivity index (χ3v) is 5.11. The molecular formula is C23H17Cl2N5O2. The number of benzene rings is 3. The van der Waals surface area contributed by atoms with Gasteiger partial charge in [-0.3, -0.25) is 10.1 Å². The zero-order valence-electron chi connectivity index (χ0n) is 16.6. The van der Waals surface area contributed by atoms with E-state index in [0.717, 1.165) is 11.1 Å². The summed E-state index contributed by atoms with van der Waals surface area (Å²) >= 11 is 12.1. The summed E-state index contributed by atoms with van der Waals surface area (Å²) in [6.07, 6.45) is 1.26. The number of nitrogens with zero attached hydrogens (tertiary/aromatic N) is 3. The second kappa shape index (κ2) is 9.64. The molecule has 4 aromatic rings. The van der Waals surface area contributed by atoms with E-state index in [-0.39, 0.29) is 23.4 Å². The van der Waals surface area contributed by atoms with Crippen LogP contribution < -0.4 is 10.6 Å². The summed E-state index contributed by atoms with van der Waals surface area (Å²) in [4.78, 5) is 19.7. The first-order valence-electron chi connectivity index (χ1n) is 9.60. The molecule has 0 aliphatic heterocycles. The molecule has 160 valence electrons. The van der Waals surface area contributed by atoms with Gasteiger partial charge >= 0.3 is 5.69 Å². The molecule has 0 saturated heterocycles. The molecule has 0 spiro atoms. The van der Waals surface area contributed by atoms with Gasteiger partial charge in [0, 0.05) is 15.7 Å². The zero-order valence-corrected chi connectivity index (χ0v) is 18.1. The van der Waals surface area contributed by atoms with Crippen LogP contribution in [0.1, 0.15) is 17.2 Å². The highest BCUT2D eigenvalue weighted by Gasteiger charge is 2.26. The predicted octanol–water partition coefficient (Wildman–Crippen LogP) is 6.64. The lowest BCUT2D eigenvalue weighted by Crippen LogP contribution is -2.15. The Hall–Kier alpha value is -3.68. The Bertz CT molecular complexity index is 1180. The molecule has 4 rings (SSSR count). The Balaban J connectivity index is 1.75. The van der Waals surface area contributed by atoms with Crippen LogP contribution in [0.2, 0.25) is 10.0 Å². The molecule has 0 radical (unpaired) electrons. The van der Waals surface area contributed by atoms with Crippen molar-refractivity contribution in [3.05, 3.63) is 116 Å². The first-order chi connectivity index (χ1) is 15.5. The lowest BCUT2D eigenvalue weighted by Gasteiger charge is -2.20. The van der Waals surface area contributed by atoms with Crippen LogP contribution in [-0.4, -0.2) is 14.9 Å². The molecule has 1 aromatic heterocycles. The molecule has 0 bridgehead atoms. The molecule has 0 unspecified atom stereocenters. The fourth-order valence-corrected chi connectivity index (χ4v) is 3.82. The fraction of sp³-hybridized carbons (Fsp3) is 0.0435. The molecule has 1 heterocycles. The SMILES string of the molecule is O=[N+]([O-])c1c(Nc2cc(Cl)cc(Cl)c2)ncnc1NC(c1ccccc1)c1ccccc1.